The Bertz CT molecular complexity index is 1680. The zero-order chi connectivity index (χ0) is 32.6. The third-order valence-corrected chi connectivity index (χ3v) is 10.6. The van der Waals surface area contributed by atoms with Crippen molar-refractivity contribution in [3.63, 3.8) is 0 Å². The van der Waals surface area contributed by atoms with Crippen LogP contribution in [0.5, 0.6) is 5.75 Å². The van der Waals surface area contributed by atoms with E-state index in [1.54, 1.807) is 27.1 Å². The number of ketones is 2. The largest absolute Gasteiger partial charge is 0.508 e. The first-order valence-corrected chi connectivity index (χ1v) is 15.5. The summed E-state index contributed by atoms with van der Waals surface area (Å²) in [7, 11) is 3.16. The number of rotatable bonds is 6. The van der Waals surface area contributed by atoms with Crippen molar-refractivity contribution in [1.29, 1.82) is 0 Å². The number of amides is 1. The predicted molar refractivity (Wildman–Crippen MR) is 165 cm³/mol. The molecule has 1 aromatic heterocycles. The molecule has 1 amide bonds. The van der Waals surface area contributed by atoms with Crippen molar-refractivity contribution in [3.05, 3.63) is 58.1 Å². The maximum Gasteiger partial charge on any atom is 0.255 e. The molecule has 0 spiro atoms. The SMILES string of the molecule is CN(C)[C@@H]1C(=O)C(C(N)=O)=C(O)[C@@]2(O)C(=O)C3=C(O)c4c(O)ccc(-c5ccc(CNC6CCCCC6)o5)c4C[C@@]3(C)C[C@@]12C. The first kappa shape index (κ1) is 31.1. The van der Waals surface area contributed by atoms with E-state index in [1.165, 1.54) is 37.2 Å². The van der Waals surface area contributed by atoms with Gasteiger partial charge in [0.1, 0.15) is 34.4 Å². The smallest absolute Gasteiger partial charge is 0.255 e. The van der Waals surface area contributed by atoms with Gasteiger partial charge in [-0.3, -0.25) is 19.3 Å². The zero-order valence-corrected chi connectivity index (χ0v) is 26.1. The zero-order valence-electron chi connectivity index (χ0n) is 26.1. The summed E-state index contributed by atoms with van der Waals surface area (Å²) in [6, 6.07) is 6.08. The third-order valence-electron chi connectivity index (χ3n) is 10.6. The van der Waals surface area contributed by atoms with Gasteiger partial charge >= 0.3 is 0 Å². The van der Waals surface area contributed by atoms with Gasteiger partial charge in [0.25, 0.3) is 5.91 Å². The topological polar surface area (TPSA) is 187 Å². The normalized spacial score (nSPS) is 30.4. The summed E-state index contributed by atoms with van der Waals surface area (Å²) >= 11 is 0. The predicted octanol–water partition coefficient (Wildman–Crippen LogP) is 3.43. The van der Waals surface area contributed by atoms with E-state index < -0.39 is 57.0 Å². The maximum absolute atomic E-state index is 14.4. The number of hydrogen-bond donors (Lipinski definition) is 6. The summed E-state index contributed by atoms with van der Waals surface area (Å²) < 4.78 is 6.24. The second kappa shape index (κ2) is 10.6. The number of fused-ring (bicyclic) bond motifs is 3. The summed E-state index contributed by atoms with van der Waals surface area (Å²) in [5, 5.41) is 49.6. The fourth-order valence-electron chi connectivity index (χ4n) is 8.72. The number of aliphatic hydroxyl groups is 3. The van der Waals surface area contributed by atoms with Gasteiger partial charge in [0, 0.05) is 28.0 Å². The Morgan fingerprint density at radius 2 is 1.76 bits per heavy atom. The van der Waals surface area contributed by atoms with E-state index >= 15 is 0 Å². The van der Waals surface area contributed by atoms with Crippen LogP contribution in [0.25, 0.3) is 17.1 Å². The molecule has 2 fully saturated rings. The van der Waals surface area contributed by atoms with Gasteiger partial charge in [-0.1, -0.05) is 33.1 Å². The summed E-state index contributed by atoms with van der Waals surface area (Å²) in [5.74, 6) is -3.81. The van der Waals surface area contributed by atoms with Gasteiger partial charge in [0.15, 0.2) is 11.4 Å². The summed E-state index contributed by atoms with van der Waals surface area (Å²) in [4.78, 5) is 41.8. The molecule has 0 saturated heterocycles. The highest BCUT2D eigenvalue weighted by Gasteiger charge is 2.72. The Morgan fingerprint density at radius 3 is 2.40 bits per heavy atom. The Balaban J connectivity index is 1.47. The molecule has 45 heavy (non-hydrogen) atoms. The van der Waals surface area contributed by atoms with Crippen molar-refractivity contribution in [2.45, 2.75) is 83.0 Å². The lowest BCUT2D eigenvalue weighted by Crippen LogP contribution is -2.72. The Labute approximate surface area is 261 Å². The third kappa shape index (κ3) is 4.39. The number of carbonyl (C=O) groups excluding carboxylic acids is 3. The van der Waals surface area contributed by atoms with E-state index in [4.69, 9.17) is 10.2 Å². The number of phenols is 1. The van der Waals surface area contributed by atoms with E-state index in [2.05, 4.69) is 5.32 Å². The van der Waals surface area contributed by atoms with E-state index in [0.29, 0.717) is 29.5 Å². The van der Waals surface area contributed by atoms with Crippen LogP contribution < -0.4 is 11.1 Å². The van der Waals surface area contributed by atoms with E-state index in [9.17, 15) is 34.8 Å². The lowest BCUT2D eigenvalue weighted by atomic mass is 9.46. The number of aromatic hydroxyl groups is 1. The van der Waals surface area contributed by atoms with Gasteiger partial charge in [0.2, 0.25) is 5.78 Å². The number of primary amides is 1. The Kier molecular flexibility index (Phi) is 7.30. The number of hydrogen-bond acceptors (Lipinski definition) is 10. The average Bonchev–Trinajstić information content (AvgIpc) is 3.43. The number of aliphatic hydroxyl groups excluding tert-OH is 2. The summed E-state index contributed by atoms with van der Waals surface area (Å²) in [6.07, 6.45) is 6.05. The van der Waals surface area contributed by atoms with Crippen molar-refractivity contribution in [2.24, 2.45) is 16.6 Å². The molecule has 4 atom stereocenters. The molecule has 11 heteroatoms. The lowest BCUT2D eigenvalue weighted by molar-refractivity contribution is -0.175. The van der Waals surface area contributed by atoms with Crippen LogP contribution in [0.3, 0.4) is 0 Å². The molecule has 6 rings (SSSR count). The number of nitrogens with two attached hydrogens (primary N) is 1. The Hall–Kier alpha value is -3.93. The second-order valence-electron chi connectivity index (χ2n) is 13.9. The molecule has 11 nitrogen and oxygen atoms in total. The van der Waals surface area contributed by atoms with Gasteiger partial charge in [0.05, 0.1) is 18.2 Å². The molecule has 2 saturated carbocycles. The van der Waals surface area contributed by atoms with Crippen molar-refractivity contribution < 1.29 is 39.2 Å². The van der Waals surface area contributed by atoms with Crippen LogP contribution in [0.1, 0.15) is 69.3 Å². The molecule has 2 aromatic rings. The van der Waals surface area contributed by atoms with E-state index in [-0.39, 0.29) is 29.7 Å². The van der Waals surface area contributed by atoms with Crippen LogP contribution in [0, 0.1) is 10.8 Å². The molecular weight excluding hydrogens is 578 g/mol. The highest BCUT2D eigenvalue weighted by Crippen LogP contribution is 2.63. The van der Waals surface area contributed by atoms with Crippen molar-refractivity contribution in [1.82, 2.24) is 10.2 Å². The Morgan fingerprint density at radius 1 is 1.07 bits per heavy atom. The van der Waals surface area contributed by atoms with Crippen LogP contribution in [0.15, 0.2) is 45.6 Å². The molecule has 4 aliphatic rings. The summed E-state index contributed by atoms with van der Waals surface area (Å²) in [6.45, 7) is 3.84. The van der Waals surface area contributed by atoms with Gasteiger partial charge in [-0.05, 0) is 69.6 Å². The molecule has 0 bridgehead atoms. The fourth-order valence-corrected chi connectivity index (χ4v) is 8.72. The minimum atomic E-state index is -2.75. The first-order chi connectivity index (χ1) is 21.2. The molecule has 1 heterocycles. The number of likely N-dealkylation sites (N-methyl/N-ethyl adjacent to an activating group) is 1. The lowest BCUT2D eigenvalue weighted by Gasteiger charge is -2.59. The van der Waals surface area contributed by atoms with Crippen molar-refractivity contribution in [3.8, 4) is 17.1 Å². The number of Topliss-reactive ketones (excluding diaryl/α,β-unsaturated/α-hetero) is 2. The van der Waals surface area contributed by atoms with E-state index in [1.807, 2.05) is 12.1 Å². The van der Waals surface area contributed by atoms with Gasteiger partial charge in [-0.15, -0.1) is 0 Å². The standard InChI is InChI=1S/C34H41N3O8/c1-32-14-20-19(22-13-10-18(45-22)15-36-17-8-6-5-7-9-17)11-12-21(38)23(20)26(39)25(32)30(42)34(44)29(41)24(31(35)43)27(40)28(37(3)4)33(34,2)16-32/h10-13,17,28,36,38-39,41,44H,5-9,14-16H2,1-4H3,(H2,35,43)/t28-,32+,33+,34-/m1/s1. The van der Waals surface area contributed by atoms with Gasteiger partial charge < -0.3 is 35.9 Å². The molecular formula is C34H41N3O8. The molecule has 7 N–H and O–H groups in total. The van der Waals surface area contributed by atoms with Crippen LogP contribution in [-0.2, 0) is 27.3 Å². The van der Waals surface area contributed by atoms with Crippen molar-refractivity contribution >= 4 is 23.2 Å². The average molecular weight is 620 g/mol. The quantitative estimate of drug-likeness (QED) is 0.262. The minimum Gasteiger partial charge on any atom is -0.508 e. The van der Waals surface area contributed by atoms with Gasteiger partial charge in [-0.2, -0.15) is 0 Å². The van der Waals surface area contributed by atoms with Crippen molar-refractivity contribution in [2.75, 3.05) is 14.1 Å². The molecule has 4 aliphatic carbocycles. The van der Waals surface area contributed by atoms with Crippen LogP contribution in [-0.4, -0.2) is 74.6 Å². The molecule has 0 aliphatic heterocycles. The number of nitrogens with zero attached hydrogens (tertiary/aromatic N) is 1. The molecule has 0 unspecified atom stereocenters. The van der Waals surface area contributed by atoms with Crippen LogP contribution >= 0.6 is 0 Å². The summed E-state index contributed by atoms with van der Waals surface area (Å²) in [5.41, 5.74) is 0.0391. The maximum atomic E-state index is 14.4. The number of phenolic OH excluding ortho intramolecular Hbond substituents is 1. The first-order valence-electron chi connectivity index (χ1n) is 15.5. The monoisotopic (exact) mass is 619 g/mol. The van der Waals surface area contributed by atoms with Crippen LogP contribution in [0.4, 0.5) is 0 Å². The number of carbonyl (C=O) groups is 3. The number of nitrogens with one attached hydrogen (secondary N) is 1. The second-order valence-corrected chi connectivity index (χ2v) is 13.9. The fraction of sp³-hybridized carbons (Fsp3) is 0.500. The number of furan rings is 1. The van der Waals surface area contributed by atoms with E-state index in [0.717, 1.165) is 18.6 Å². The number of benzene rings is 1. The molecule has 0 radical (unpaired) electrons. The highest BCUT2D eigenvalue weighted by atomic mass is 16.4. The molecule has 240 valence electrons. The minimum absolute atomic E-state index is 0.0217. The van der Waals surface area contributed by atoms with Crippen LogP contribution in [0.2, 0.25) is 0 Å². The molecule has 1 aromatic carbocycles. The highest BCUT2D eigenvalue weighted by molar-refractivity contribution is 6.25. The van der Waals surface area contributed by atoms with Gasteiger partial charge in [-0.25, -0.2) is 0 Å².